The second kappa shape index (κ2) is 6.48. The first-order valence-corrected chi connectivity index (χ1v) is 3.07. The molecule has 0 bridgehead atoms. The summed E-state index contributed by atoms with van der Waals surface area (Å²) in [5.74, 6) is -1.73. The van der Waals surface area contributed by atoms with Gasteiger partial charge in [-0.3, -0.25) is 9.79 Å². The van der Waals surface area contributed by atoms with Gasteiger partial charge in [-0.25, -0.2) is 4.99 Å². The van der Waals surface area contributed by atoms with Gasteiger partial charge in [0.2, 0.25) is 0 Å². The average molecular weight is 202 g/mol. The summed E-state index contributed by atoms with van der Waals surface area (Å²) in [6.45, 7) is 1.46. The Bertz CT molecular complexity index is 242. The van der Waals surface area contributed by atoms with Gasteiger partial charge in [-0.05, 0) is 12.8 Å². The Morgan fingerprint density at radius 2 is 1.92 bits per heavy atom. The van der Waals surface area contributed by atoms with Crippen molar-refractivity contribution >= 4 is 29.6 Å². The zero-order chi connectivity index (χ0) is 7.72. The first kappa shape index (κ1) is 15.5. The predicted molar refractivity (Wildman–Crippen MR) is 36.4 cm³/mol. The first-order chi connectivity index (χ1) is 4.61. The van der Waals surface area contributed by atoms with Gasteiger partial charge in [0, 0.05) is 5.17 Å². The third-order valence-electron chi connectivity index (χ3n) is 1.15. The Balaban J connectivity index is 0. The molecule has 0 radical (unpaired) electrons. The van der Waals surface area contributed by atoms with Gasteiger partial charge < -0.3 is 17.7 Å². The van der Waals surface area contributed by atoms with E-state index in [1.54, 1.807) is 0 Å². The summed E-state index contributed by atoms with van der Waals surface area (Å²) in [5, 5.41) is 10.5. The number of nitrogens with zero attached hydrogens (tertiary/aromatic N) is 2. The summed E-state index contributed by atoms with van der Waals surface area (Å²) in [4.78, 5) is 17.3. The van der Waals surface area contributed by atoms with Crippen LogP contribution in [0.2, 0.25) is 0 Å². The van der Waals surface area contributed by atoms with E-state index in [-0.39, 0.29) is 64.3 Å². The van der Waals surface area contributed by atoms with E-state index in [0.717, 1.165) is 0 Å². The fraction of sp³-hybridized carbons (Fsp3) is 0.400. The molecule has 1 heterocycles. The van der Waals surface area contributed by atoms with Crippen LogP contribution in [0.25, 0.3) is 0 Å². The standard InChI is InChI=1S/C5H6N2O2S.2Na/c1-2-3(8)6-5(10)7-4(2)9;;/h2H,1H3,(H2,6,7,8,9,10);;/q;2*+1/p-2. The van der Waals surface area contributed by atoms with Crippen LogP contribution >= 0.6 is 0 Å². The summed E-state index contributed by atoms with van der Waals surface area (Å²) in [7, 11) is 0. The molecule has 1 unspecified atom stereocenters. The third kappa shape index (κ3) is 3.83. The van der Waals surface area contributed by atoms with E-state index in [1.807, 2.05) is 0 Å². The van der Waals surface area contributed by atoms with Crippen molar-refractivity contribution in [2.75, 3.05) is 0 Å². The fourth-order valence-electron chi connectivity index (χ4n) is 0.513. The van der Waals surface area contributed by atoms with Crippen LogP contribution in [0.3, 0.4) is 0 Å². The Labute approximate surface area is 120 Å². The van der Waals surface area contributed by atoms with E-state index in [0.29, 0.717) is 0 Å². The van der Waals surface area contributed by atoms with E-state index in [1.165, 1.54) is 6.92 Å². The minimum absolute atomic E-state index is 0. The number of aliphatic imine (C=N–C) groups is 2. The van der Waals surface area contributed by atoms with E-state index in [9.17, 15) is 9.90 Å². The molecule has 0 aromatic heterocycles. The van der Waals surface area contributed by atoms with Crippen LogP contribution in [-0.2, 0) is 17.4 Å². The molecule has 0 saturated heterocycles. The average Bonchev–Trinajstić information content (AvgIpc) is 1.82. The Morgan fingerprint density at radius 1 is 1.42 bits per heavy atom. The van der Waals surface area contributed by atoms with Crippen molar-refractivity contribution in [3.8, 4) is 0 Å². The van der Waals surface area contributed by atoms with Gasteiger partial charge in [-0.2, -0.15) is 0 Å². The summed E-state index contributed by atoms with van der Waals surface area (Å²) in [5.41, 5.74) is 0. The topological polar surface area (TPSA) is 64.8 Å². The second-order valence-electron chi connectivity index (χ2n) is 1.90. The maximum atomic E-state index is 10.7. The molecule has 1 amide bonds. The number of amidine groups is 1. The number of hydrogen-bond donors (Lipinski definition) is 0. The SMILES string of the molecule is CC1C(=O)N=C([S-])N=C1[O-].[Na+].[Na+]. The number of hydrogen-bond acceptors (Lipinski definition) is 4. The molecule has 4 nitrogen and oxygen atoms in total. The predicted octanol–water partition coefficient (Wildman–Crippen LogP) is -7.17. The Hall–Kier alpha value is 1.03. The zero-order valence-corrected chi connectivity index (χ0v) is 12.0. The minimum Gasteiger partial charge on any atom is -0.861 e. The van der Waals surface area contributed by atoms with E-state index in [4.69, 9.17) is 0 Å². The molecular weight excluding hydrogens is 198 g/mol. The van der Waals surface area contributed by atoms with Gasteiger partial charge in [-0.1, -0.05) is 0 Å². The van der Waals surface area contributed by atoms with Gasteiger partial charge in [0.05, 0.1) is 5.92 Å². The zero-order valence-electron chi connectivity index (χ0n) is 7.20. The molecule has 1 aliphatic rings. The van der Waals surface area contributed by atoms with E-state index in [2.05, 4.69) is 22.6 Å². The molecule has 0 aromatic rings. The van der Waals surface area contributed by atoms with Gasteiger partial charge in [-0.15, -0.1) is 0 Å². The van der Waals surface area contributed by atoms with E-state index >= 15 is 0 Å². The van der Waals surface area contributed by atoms with Crippen molar-refractivity contribution in [2.45, 2.75) is 6.92 Å². The fourth-order valence-corrected chi connectivity index (χ4v) is 0.693. The molecule has 0 aliphatic carbocycles. The number of carbonyl (C=O) groups excluding carboxylic acids is 1. The van der Waals surface area contributed by atoms with Crippen LogP contribution in [0, 0.1) is 5.92 Å². The summed E-state index contributed by atoms with van der Waals surface area (Å²) in [6, 6.07) is 0. The van der Waals surface area contributed by atoms with Crippen molar-refractivity contribution in [3.05, 3.63) is 0 Å². The van der Waals surface area contributed by atoms with Crippen LogP contribution in [0.5, 0.6) is 0 Å². The smallest absolute Gasteiger partial charge is 0.861 e. The molecular formula is C5H4N2Na2O2S. The van der Waals surface area contributed by atoms with Gasteiger partial charge in [0.15, 0.2) is 0 Å². The number of carbonyl (C=O) groups is 1. The molecule has 1 atom stereocenters. The second-order valence-corrected chi connectivity index (χ2v) is 2.27. The summed E-state index contributed by atoms with van der Waals surface area (Å²) >= 11 is 4.44. The van der Waals surface area contributed by atoms with Gasteiger partial charge in [0.25, 0.3) is 5.91 Å². The van der Waals surface area contributed by atoms with E-state index < -0.39 is 17.7 Å². The maximum absolute atomic E-state index is 10.7. The molecule has 0 N–H and O–H groups in total. The Kier molecular flexibility index (Phi) is 8.37. The summed E-state index contributed by atoms with van der Waals surface area (Å²) in [6.07, 6.45) is 0. The molecule has 0 aromatic carbocycles. The van der Waals surface area contributed by atoms with Crippen molar-refractivity contribution < 1.29 is 69.0 Å². The van der Waals surface area contributed by atoms with Crippen molar-refractivity contribution in [2.24, 2.45) is 15.9 Å². The molecule has 0 fully saturated rings. The quantitative estimate of drug-likeness (QED) is 0.289. The van der Waals surface area contributed by atoms with Crippen LogP contribution in [0.1, 0.15) is 6.92 Å². The molecule has 1 rings (SSSR count). The van der Waals surface area contributed by atoms with Gasteiger partial charge in [0.1, 0.15) is 0 Å². The van der Waals surface area contributed by atoms with Crippen LogP contribution in [-0.4, -0.2) is 17.0 Å². The maximum Gasteiger partial charge on any atom is 1.00 e. The minimum atomic E-state index is -0.744. The normalized spacial score (nSPS) is 21.4. The van der Waals surface area contributed by atoms with Gasteiger partial charge >= 0.3 is 59.1 Å². The van der Waals surface area contributed by atoms with Crippen LogP contribution in [0.15, 0.2) is 9.98 Å². The molecule has 12 heavy (non-hydrogen) atoms. The van der Waals surface area contributed by atoms with Crippen molar-refractivity contribution in [1.82, 2.24) is 0 Å². The monoisotopic (exact) mass is 202 g/mol. The molecule has 0 saturated carbocycles. The van der Waals surface area contributed by atoms with Crippen LogP contribution in [0.4, 0.5) is 0 Å². The first-order valence-electron chi connectivity index (χ1n) is 2.66. The molecule has 0 spiro atoms. The Morgan fingerprint density at radius 3 is 2.33 bits per heavy atom. The largest absolute Gasteiger partial charge is 1.00 e. The third-order valence-corrected chi connectivity index (χ3v) is 1.34. The molecule has 7 heteroatoms. The van der Waals surface area contributed by atoms with Crippen molar-refractivity contribution in [1.29, 1.82) is 0 Å². The van der Waals surface area contributed by atoms with Crippen LogP contribution < -0.4 is 64.2 Å². The summed E-state index contributed by atoms with van der Waals surface area (Å²) < 4.78 is 0. The van der Waals surface area contributed by atoms with Crippen molar-refractivity contribution in [3.63, 3.8) is 0 Å². The number of amides is 1. The molecule has 54 valence electrons. The number of rotatable bonds is 0. The molecule has 1 aliphatic heterocycles.